The molecule has 0 aliphatic heterocycles. The SMILES string of the molecule is C=C(Cn1cnc2c(C)ncnc21)[C@@](C)(F)OCP(=O)(O)O. The van der Waals surface area contributed by atoms with Crippen molar-refractivity contribution in [3.8, 4) is 0 Å². The Morgan fingerprint density at radius 3 is 2.82 bits per heavy atom. The third-order valence-electron chi connectivity index (χ3n) is 3.08. The number of halogens is 1. The van der Waals surface area contributed by atoms with Gasteiger partial charge in [-0.05, 0) is 13.8 Å². The van der Waals surface area contributed by atoms with Crippen molar-refractivity contribution in [1.29, 1.82) is 0 Å². The van der Waals surface area contributed by atoms with E-state index < -0.39 is 19.8 Å². The first-order valence-electron chi connectivity index (χ1n) is 6.28. The second-order valence-electron chi connectivity index (χ2n) is 4.96. The second kappa shape index (κ2) is 5.85. The molecule has 1 atom stereocenters. The summed E-state index contributed by atoms with van der Waals surface area (Å²) in [5, 5.41) is 0. The molecule has 2 aromatic heterocycles. The van der Waals surface area contributed by atoms with Crippen LogP contribution in [0, 0.1) is 6.92 Å². The normalized spacial score (nSPS) is 15.0. The zero-order chi connectivity index (χ0) is 16.5. The molecule has 2 rings (SSSR count). The number of fused-ring (bicyclic) bond motifs is 1. The average molecular weight is 330 g/mol. The molecule has 22 heavy (non-hydrogen) atoms. The zero-order valence-corrected chi connectivity index (χ0v) is 13.0. The molecule has 0 aliphatic rings. The molecule has 0 unspecified atom stereocenters. The van der Waals surface area contributed by atoms with E-state index in [9.17, 15) is 8.96 Å². The summed E-state index contributed by atoms with van der Waals surface area (Å²) in [6.07, 6.45) is 1.82. The minimum atomic E-state index is -4.46. The van der Waals surface area contributed by atoms with Crippen molar-refractivity contribution in [3.63, 3.8) is 0 Å². The van der Waals surface area contributed by atoms with Crippen LogP contribution < -0.4 is 0 Å². The predicted octanol–water partition coefficient (Wildman–Crippen LogP) is 1.53. The molecule has 2 aromatic rings. The molecule has 0 aromatic carbocycles. The third-order valence-corrected chi connectivity index (χ3v) is 3.55. The van der Waals surface area contributed by atoms with Crippen LogP contribution in [0.15, 0.2) is 24.8 Å². The van der Waals surface area contributed by atoms with Crippen LogP contribution in [0.5, 0.6) is 0 Å². The van der Waals surface area contributed by atoms with Crippen LogP contribution in [0.3, 0.4) is 0 Å². The summed E-state index contributed by atoms with van der Waals surface area (Å²) in [6, 6.07) is 0. The van der Waals surface area contributed by atoms with Gasteiger partial charge in [-0.15, -0.1) is 0 Å². The number of imidazole rings is 1. The van der Waals surface area contributed by atoms with Crippen molar-refractivity contribution in [2.45, 2.75) is 26.2 Å². The van der Waals surface area contributed by atoms with E-state index >= 15 is 0 Å². The Bertz CT molecular complexity index is 755. The van der Waals surface area contributed by atoms with Crippen molar-refractivity contribution in [3.05, 3.63) is 30.5 Å². The van der Waals surface area contributed by atoms with Crippen molar-refractivity contribution in [1.82, 2.24) is 19.5 Å². The van der Waals surface area contributed by atoms with Gasteiger partial charge in [0.25, 0.3) is 0 Å². The Kier molecular flexibility index (Phi) is 4.44. The van der Waals surface area contributed by atoms with E-state index in [1.165, 1.54) is 12.7 Å². The van der Waals surface area contributed by atoms with Crippen molar-refractivity contribution in [2.24, 2.45) is 0 Å². The minimum absolute atomic E-state index is 0.00110. The first-order valence-corrected chi connectivity index (χ1v) is 8.08. The quantitative estimate of drug-likeness (QED) is 0.610. The molecule has 8 nitrogen and oxygen atoms in total. The molecule has 0 saturated heterocycles. The maximum atomic E-state index is 14.4. The highest BCUT2D eigenvalue weighted by Crippen LogP contribution is 2.37. The summed E-state index contributed by atoms with van der Waals surface area (Å²) < 4.78 is 31.3. The summed E-state index contributed by atoms with van der Waals surface area (Å²) in [5.41, 5.74) is 1.78. The summed E-state index contributed by atoms with van der Waals surface area (Å²) in [6.45, 7) is 6.41. The van der Waals surface area contributed by atoms with Gasteiger partial charge < -0.3 is 19.1 Å². The fourth-order valence-electron chi connectivity index (χ4n) is 1.77. The molecule has 0 spiro atoms. The third kappa shape index (κ3) is 3.75. The van der Waals surface area contributed by atoms with Gasteiger partial charge in [0.15, 0.2) is 12.0 Å². The molecule has 0 aliphatic carbocycles. The van der Waals surface area contributed by atoms with Gasteiger partial charge in [-0.3, -0.25) is 4.57 Å². The average Bonchev–Trinajstić information content (AvgIpc) is 2.81. The van der Waals surface area contributed by atoms with Crippen LogP contribution in [-0.2, 0) is 15.8 Å². The predicted molar refractivity (Wildman–Crippen MR) is 76.7 cm³/mol. The highest BCUT2D eigenvalue weighted by atomic mass is 31.2. The van der Waals surface area contributed by atoms with E-state index in [0.717, 1.165) is 6.92 Å². The first-order chi connectivity index (χ1) is 10.1. The van der Waals surface area contributed by atoms with Gasteiger partial charge in [0.1, 0.15) is 11.8 Å². The molecule has 120 valence electrons. The molecule has 0 bridgehead atoms. The smallest absolute Gasteiger partial charge is 0.330 e. The van der Waals surface area contributed by atoms with Crippen molar-refractivity contribution in [2.75, 3.05) is 6.35 Å². The summed E-state index contributed by atoms with van der Waals surface area (Å²) in [5.74, 6) is -2.39. The van der Waals surface area contributed by atoms with E-state index in [1.54, 1.807) is 11.5 Å². The maximum Gasteiger partial charge on any atom is 0.351 e. The highest BCUT2D eigenvalue weighted by Gasteiger charge is 2.31. The van der Waals surface area contributed by atoms with Crippen LogP contribution in [0.1, 0.15) is 12.6 Å². The molecule has 0 amide bonds. The number of nitrogens with zero attached hydrogens (tertiary/aromatic N) is 4. The van der Waals surface area contributed by atoms with E-state index in [4.69, 9.17) is 9.79 Å². The monoisotopic (exact) mass is 330 g/mol. The Morgan fingerprint density at radius 2 is 2.18 bits per heavy atom. The lowest BCUT2D eigenvalue weighted by molar-refractivity contribution is -0.0888. The fraction of sp³-hybridized carbons (Fsp3) is 0.417. The second-order valence-corrected chi connectivity index (χ2v) is 6.55. The summed E-state index contributed by atoms with van der Waals surface area (Å²) in [7, 11) is -4.46. The number of hydrogen-bond donors (Lipinski definition) is 2. The van der Waals surface area contributed by atoms with Crippen LogP contribution >= 0.6 is 7.60 Å². The number of ether oxygens (including phenoxy) is 1. The molecule has 2 heterocycles. The van der Waals surface area contributed by atoms with Gasteiger partial charge in [-0.1, -0.05) is 6.58 Å². The van der Waals surface area contributed by atoms with Gasteiger partial charge in [0.2, 0.25) is 5.85 Å². The molecule has 2 N–H and O–H groups in total. The molecule has 10 heteroatoms. The lowest BCUT2D eigenvalue weighted by Crippen LogP contribution is -2.28. The zero-order valence-electron chi connectivity index (χ0n) is 12.1. The Labute approximate surface area is 125 Å². The van der Waals surface area contributed by atoms with E-state index in [-0.39, 0.29) is 12.1 Å². The van der Waals surface area contributed by atoms with Crippen LogP contribution in [0.4, 0.5) is 4.39 Å². The lowest BCUT2D eigenvalue weighted by atomic mass is 10.1. The Balaban J connectivity index is 2.16. The summed E-state index contributed by atoms with van der Waals surface area (Å²) in [4.78, 5) is 29.7. The van der Waals surface area contributed by atoms with E-state index in [0.29, 0.717) is 16.9 Å². The molecular formula is C12H16FN4O4P. The number of aryl methyl sites for hydroxylation is 1. The molecular weight excluding hydrogens is 314 g/mol. The van der Waals surface area contributed by atoms with Crippen molar-refractivity contribution >= 4 is 18.8 Å². The van der Waals surface area contributed by atoms with E-state index in [1.807, 2.05) is 0 Å². The lowest BCUT2D eigenvalue weighted by Gasteiger charge is -2.24. The van der Waals surface area contributed by atoms with Crippen molar-refractivity contribution < 1.29 is 23.5 Å². The first kappa shape index (κ1) is 16.7. The standard InChI is InChI=1S/C12H16FN4O4P/c1-8(12(3,13)21-7-22(18,19)20)4-17-6-16-10-9(2)14-5-15-11(10)17/h5-6H,1,4,7H2,2-3H3,(H2,18,19,20)/t12-/m0/s1. The van der Waals surface area contributed by atoms with Crippen LogP contribution in [0.2, 0.25) is 0 Å². The van der Waals surface area contributed by atoms with Gasteiger partial charge in [-0.2, -0.15) is 0 Å². The minimum Gasteiger partial charge on any atom is -0.330 e. The number of alkyl halides is 1. The maximum absolute atomic E-state index is 14.4. The highest BCUT2D eigenvalue weighted by molar-refractivity contribution is 7.51. The molecule has 0 radical (unpaired) electrons. The largest absolute Gasteiger partial charge is 0.351 e. The molecule has 0 fully saturated rings. The van der Waals surface area contributed by atoms with Crippen LogP contribution in [0.25, 0.3) is 11.2 Å². The number of aromatic nitrogens is 4. The van der Waals surface area contributed by atoms with Gasteiger partial charge in [-0.25, -0.2) is 19.3 Å². The number of hydrogen-bond acceptors (Lipinski definition) is 5. The van der Waals surface area contributed by atoms with Crippen LogP contribution in [-0.4, -0.2) is 41.5 Å². The Morgan fingerprint density at radius 1 is 1.50 bits per heavy atom. The number of rotatable bonds is 6. The topological polar surface area (TPSA) is 110 Å². The molecule has 0 saturated carbocycles. The Hall–Kier alpha value is -1.67. The van der Waals surface area contributed by atoms with Gasteiger partial charge in [0.05, 0.1) is 18.6 Å². The van der Waals surface area contributed by atoms with E-state index in [2.05, 4.69) is 26.3 Å². The van der Waals surface area contributed by atoms with Gasteiger partial charge >= 0.3 is 7.60 Å². The van der Waals surface area contributed by atoms with Gasteiger partial charge in [0, 0.05) is 5.57 Å². The fourth-order valence-corrected chi connectivity index (χ4v) is 2.18. The summed E-state index contributed by atoms with van der Waals surface area (Å²) >= 11 is 0.